The molecule has 17 heavy (non-hydrogen) atoms. The second-order valence-corrected chi connectivity index (χ2v) is 6.51. The number of rotatable bonds is 5. The first kappa shape index (κ1) is 14.9. The van der Waals surface area contributed by atoms with E-state index in [2.05, 4.69) is 32.7 Å². The van der Waals surface area contributed by atoms with Gasteiger partial charge in [0, 0.05) is 19.2 Å². The van der Waals surface area contributed by atoms with Crippen LogP contribution in [0.4, 0.5) is 0 Å². The van der Waals surface area contributed by atoms with Crippen molar-refractivity contribution < 1.29 is 4.74 Å². The molecule has 3 heteroatoms. The van der Waals surface area contributed by atoms with E-state index >= 15 is 0 Å². The number of ether oxygens (including phenoxy) is 1. The Kier molecular flexibility index (Phi) is 5.90. The standard InChI is InChI=1S/C14H30N2O/c1-14(2,3)13(15)8-9-16(4)11-12-7-5-6-10-17-12/h12-13H,5-11,15H2,1-4H3. The van der Waals surface area contributed by atoms with Gasteiger partial charge in [0.05, 0.1) is 6.10 Å². The highest BCUT2D eigenvalue weighted by Gasteiger charge is 2.21. The number of hydrogen-bond donors (Lipinski definition) is 1. The highest BCUT2D eigenvalue weighted by Crippen LogP contribution is 2.20. The number of likely N-dealkylation sites (N-methyl/N-ethyl adjacent to an activating group) is 1. The molecule has 0 amide bonds. The molecule has 1 fully saturated rings. The summed E-state index contributed by atoms with van der Waals surface area (Å²) in [5.74, 6) is 0. The zero-order valence-electron chi connectivity index (χ0n) is 12.0. The maximum Gasteiger partial charge on any atom is 0.0701 e. The van der Waals surface area contributed by atoms with Crippen LogP contribution in [0.5, 0.6) is 0 Å². The van der Waals surface area contributed by atoms with Crippen molar-refractivity contribution in [3.63, 3.8) is 0 Å². The Labute approximate surface area is 107 Å². The molecule has 2 N–H and O–H groups in total. The van der Waals surface area contributed by atoms with Gasteiger partial charge in [0.1, 0.15) is 0 Å². The van der Waals surface area contributed by atoms with Gasteiger partial charge >= 0.3 is 0 Å². The van der Waals surface area contributed by atoms with Crippen molar-refractivity contribution in [2.45, 2.75) is 58.6 Å². The van der Waals surface area contributed by atoms with Gasteiger partial charge in [-0.15, -0.1) is 0 Å². The molecule has 0 aromatic rings. The van der Waals surface area contributed by atoms with Gasteiger partial charge in [-0.2, -0.15) is 0 Å². The normalized spacial score (nSPS) is 24.0. The van der Waals surface area contributed by atoms with Crippen molar-refractivity contribution in [1.29, 1.82) is 0 Å². The van der Waals surface area contributed by atoms with E-state index in [4.69, 9.17) is 10.5 Å². The summed E-state index contributed by atoms with van der Waals surface area (Å²) in [7, 11) is 2.17. The van der Waals surface area contributed by atoms with Gasteiger partial charge in [-0.3, -0.25) is 0 Å². The Balaban J connectivity index is 2.18. The molecule has 1 aliphatic heterocycles. The number of hydrogen-bond acceptors (Lipinski definition) is 3. The minimum Gasteiger partial charge on any atom is -0.377 e. The maximum atomic E-state index is 6.17. The van der Waals surface area contributed by atoms with Crippen molar-refractivity contribution in [3.8, 4) is 0 Å². The molecule has 102 valence electrons. The van der Waals surface area contributed by atoms with E-state index in [0.717, 1.165) is 26.1 Å². The van der Waals surface area contributed by atoms with Gasteiger partial charge in [-0.1, -0.05) is 20.8 Å². The Morgan fingerprint density at radius 2 is 2.06 bits per heavy atom. The van der Waals surface area contributed by atoms with Crippen molar-refractivity contribution in [3.05, 3.63) is 0 Å². The van der Waals surface area contributed by atoms with Gasteiger partial charge < -0.3 is 15.4 Å². The quantitative estimate of drug-likeness (QED) is 0.803. The van der Waals surface area contributed by atoms with E-state index in [0.29, 0.717) is 6.10 Å². The van der Waals surface area contributed by atoms with Crippen molar-refractivity contribution >= 4 is 0 Å². The van der Waals surface area contributed by atoms with Crippen LogP contribution in [0.15, 0.2) is 0 Å². The summed E-state index contributed by atoms with van der Waals surface area (Å²) < 4.78 is 5.75. The molecule has 2 atom stereocenters. The molecular weight excluding hydrogens is 212 g/mol. The first-order valence-corrected chi connectivity index (χ1v) is 6.95. The van der Waals surface area contributed by atoms with E-state index < -0.39 is 0 Å². The predicted octanol–water partition coefficient (Wildman–Crippen LogP) is 2.25. The van der Waals surface area contributed by atoms with E-state index in [1.807, 2.05) is 0 Å². The van der Waals surface area contributed by atoms with E-state index in [1.165, 1.54) is 19.3 Å². The molecule has 0 aliphatic carbocycles. The fourth-order valence-electron chi connectivity index (χ4n) is 2.18. The number of nitrogens with zero attached hydrogens (tertiary/aromatic N) is 1. The molecule has 0 spiro atoms. The summed E-state index contributed by atoms with van der Waals surface area (Å²) in [4.78, 5) is 2.36. The van der Waals surface area contributed by atoms with E-state index in [1.54, 1.807) is 0 Å². The van der Waals surface area contributed by atoms with E-state index in [-0.39, 0.29) is 11.5 Å². The van der Waals surface area contributed by atoms with Gasteiger partial charge in [-0.25, -0.2) is 0 Å². The third-order valence-electron chi connectivity index (χ3n) is 3.72. The lowest BCUT2D eigenvalue weighted by molar-refractivity contribution is -0.00210. The lowest BCUT2D eigenvalue weighted by atomic mass is 9.85. The average molecular weight is 242 g/mol. The summed E-state index contributed by atoms with van der Waals surface area (Å²) in [5, 5.41) is 0. The fourth-order valence-corrected chi connectivity index (χ4v) is 2.18. The summed E-state index contributed by atoms with van der Waals surface area (Å²) in [6, 6.07) is 0.275. The van der Waals surface area contributed by atoms with Crippen molar-refractivity contribution in [1.82, 2.24) is 4.90 Å². The van der Waals surface area contributed by atoms with Crippen molar-refractivity contribution in [2.75, 3.05) is 26.7 Å². The molecule has 3 nitrogen and oxygen atoms in total. The molecule has 0 bridgehead atoms. The molecule has 0 saturated carbocycles. The van der Waals surface area contributed by atoms with Crippen LogP contribution in [-0.2, 0) is 4.74 Å². The Bertz CT molecular complexity index is 207. The van der Waals surface area contributed by atoms with Gasteiger partial charge in [0.15, 0.2) is 0 Å². The zero-order chi connectivity index (χ0) is 12.9. The van der Waals surface area contributed by atoms with Crippen LogP contribution in [0.2, 0.25) is 0 Å². The zero-order valence-corrected chi connectivity index (χ0v) is 12.0. The maximum absolute atomic E-state index is 6.17. The van der Waals surface area contributed by atoms with Crippen LogP contribution in [0.3, 0.4) is 0 Å². The largest absolute Gasteiger partial charge is 0.377 e. The molecule has 2 unspecified atom stereocenters. The number of nitrogens with two attached hydrogens (primary N) is 1. The Morgan fingerprint density at radius 3 is 2.59 bits per heavy atom. The lowest BCUT2D eigenvalue weighted by Crippen LogP contribution is -2.40. The highest BCUT2D eigenvalue weighted by atomic mass is 16.5. The average Bonchev–Trinajstić information content (AvgIpc) is 2.26. The second-order valence-electron chi connectivity index (χ2n) is 6.51. The SMILES string of the molecule is CN(CCC(N)C(C)(C)C)CC1CCCCO1. The first-order valence-electron chi connectivity index (χ1n) is 6.95. The minimum absolute atomic E-state index is 0.210. The molecular formula is C14H30N2O. The summed E-state index contributed by atoms with van der Waals surface area (Å²) >= 11 is 0. The Hall–Kier alpha value is -0.120. The summed E-state index contributed by atoms with van der Waals surface area (Å²) in [6.07, 6.45) is 5.27. The van der Waals surface area contributed by atoms with Gasteiger partial charge in [0.25, 0.3) is 0 Å². The van der Waals surface area contributed by atoms with Crippen LogP contribution < -0.4 is 5.73 Å². The van der Waals surface area contributed by atoms with Crippen LogP contribution in [0.1, 0.15) is 46.5 Å². The molecule has 0 aromatic heterocycles. The molecule has 1 aliphatic rings. The predicted molar refractivity (Wildman–Crippen MR) is 73.1 cm³/mol. The smallest absolute Gasteiger partial charge is 0.0701 e. The van der Waals surface area contributed by atoms with Crippen LogP contribution in [0, 0.1) is 5.41 Å². The molecule has 1 saturated heterocycles. The van der Waals surface area contributed by atoms with Crippen molar-refractivity contribution in [2.24, 2.45) is 11.1 Å². The lowest BCUT2D eigenvalue weighted by Gasteiger charge is -2.31. The second kappa shape index (κ2) is 6.72. The van der Waals surface area contributed by atoms with Gasteiger partial charge in [-0.05, 0) is 44.7 Å². The third-order valence-corrected chi connectivity index (χ3v) is 3.72. The summed E-state index contributed by atoms with van der Waals surface area (Å²) in [6.45, 7) is 9.70. The van der Waals surface area contributed by atoms with Crippen LogP contribution in [0.25, 0.3) is 0 Å². The highest BCUT2D eigenvalue weighted by molar-refractivity contribution is 4.78. The van der Waals surface area contributed by atoms with Crippen LogP contribution >= 0.6 is 0 Å². The minimum atomic E-state index is 0.210. The Morgan fingerprint density at radius 1 is 1.35 bits per heavy atom. The van der Waals surface area contributed by atoms with E-state index in [9.17, 15) is 0 Å². The monoisotopic (exact) mass is 242 g/mol. The van der Waals surface area contributed by atoms with Crippen LogP contribution in [-0.4, -0.2) is 43.8 Å². The molecule has 1 rings (SSSR count). The molecule has 0 aromatic carbocycles. The topological polar surface area (TPSA) is 38.5 Å². The third kappa shape index (κ3) is 5.84. The fraction of sp³-hybridized carbons (Fsp3) is 1.00. The summed E-state index contributed by atoms with van der Waals surface area (Å²) in [5.41, 5.74) is 6.38. The molecule has 0 radical (unpaired) electrons. The molecule has 1 heterocycles. The van der Waals surface area contributed by atoms with Gasteiger partial charge in [0.2, 0.25) is 0 Å². The first-order chi connectivity index (χ1) is 7.89.